The Labute approximate surface area is 164 Å². The van der Waals surface area contributed by atoms with Crippen molar-refractivity contribution in [2.75, 3.05) is 26.2 Å². The number of aryl methyl sites for hydroxylation is 1. The highest BCUT2D eigenvalue weighted by molar-refractivity contribution is 7.91. The van der Waals surface area contributed by atoms with Crippen LogP contribution >= 0.6 is 11.3 Å². The highest BCUT2D eigenvalue weighted by atomic mass is 32.2. The molecule has 1 aromatic carbocycles. The number of sulfonamides is 1. The molecule has 0 spiro atoms. The number of ether oxygens (including phenoxy) is 1. The van der Waals surface area contributed by atoms with Gasteiger partial charge in [-0.25, -0.2) is 8.42 Å². The fourth-order valence-electron chi connectivity index (χ4n) is 3.03. The van der Waals surface area contributed by atoms with Crippen molar-refractivity contribution in [2.45, 2.75) is 24.0 Å². The molecule has 0 radical (unpaired) electrons. The Hall–Kier alpha value is -1.90. The van der Waals surface area contributed by atoms with E-state index in [4.69, 9.17) is 4.74 Å². The van der Waals surface area contributed by atoms with Gasteiger partial charge in [-0.15, -0.1) is 11.3 Å². The quantitative estimate of drug-likeness (QED) is 0.715. The van der Waals surface area contributed by atoms with E-state index in [1.54, 1.807) is 17.5 Å². The standard InChI is InChI=1S/C19H24N2O4S2/c1-15-6-8-17(9-7-15)25-12-10-20-19(22)16-4-2-11-21(14-16)27(23,24)18-5-3-13-26-18/h3,5-9,13,16H,2,4,10-12,14H2,1H3,(H,20,22). The molecule has 0 saturated carbocycles. The molecule has 1 aliphatic heterocycles. The lowest BCUT2D eigenvalue weighted by atomic mass is 9.99. The molecular weight excluding hydrogens is 384 g/mol. The number of nitrogens with one attached hydrogen (secondary N) is 1. The van der Waals surface area contributed by atoms with Crippen molar-refractivity contribution < 1.29 is 17.9 Å². The third-order valence-electron chi connectivity index (χ3n) is 4.54. The van der Waals surface area contributed by atoms with Crippen LogP contribution in [0.3, 0.4) is 0 Å². The molecule has 27 heavy (non-hydrogen) atoms. The fourth-order valence-corrected chi connectivity index (χ4v) is 5.70. The molecule has 1 fully saturated rings. The number of hydrogen-bond acceptors (Lipinski definition) is 5. The highest BCUT2D eigenvalue weighted by Gasteiger charge is 2.33. The first-order chi connectivity index (χ1) is 13.0. The van der Waals surface area contributed by atoms with Gasteiger partial charge in [0.2, 0.25) is 5.91 Å². The molecule has 146 valence electrons. The van der Waals surface area contributed by atoms with Gasteiger partial charge in [0, 0.05) is 13.1 Å². The van der Waals surface area contributed by atoms with Gasteiger partial charge in [0.15, 0.2) is 0 Å². The molecule has 2 aromatic rings. The van der Waals surface area contributed by atoms with Gasteiger partial charge in [0.05, 0.1) is 12.5 Å². The van der Waals surface area contributed by atoms with Crippen molar-refractivity contribution >= 4 is 27.3 Å². The van der Waals surface area contributed by atoms with Crippen LogP contribution in [0.5, 0.6) is 5.75 Å². The summed E-state index contributed by atoms with van der Waals surface area (Å²) in [4.78, 5) is 12.4. The van der Waals surface area contributed by atoms with Crippen LogP contribution in [0.4, 0.5) is 0 Å². The Bertz CT molecular complexity index is 848. The van der Waals surface area contributed by atoms with Gasteiger partial charge >= 0.3 is 0 Å². The second kappa shape index (κ2) is 8.86. The predicted molar refractivity (Wildman–Crippen MR) is 105 cm³/mol. The number of thiophene rings is 1. The third-order valence-corrected chi connectivity index (χ3v) is 7.77. The van der Waals surface area contributed by atoms with Gasteiger partial charge in [0.25, 0.3) is 10.0 Å². The van der Waals surface area contributed by atoms with E-state index < -0.39 is 10.0 Å². The zero-order valence-corrected chi connectivity index (χ0v) is 16.9. The van der Waals surface area contributed by atoms with Crippen LogP contribution < -0.4 is 10.1 Å². The van der Waals surface area contributed by atoms with E-state index in [0.29, 0.717) is 36.7 Å². The van der Waals surface area contributed by atoms with Crippen LogP contribution in [-0.2, 0) is 14.8 Å². The second-order valence-electron chi connectivity index (χ2n) is 6.59. The summed E-state index contributed by atoms with van der Waals surface area (Å²) in [6.07, 6.45) is 1.38. The first-order valence-electron chi connectivity index (χ1n) is 8.97. The van der Waals surface area contributed by atoms with Crippen LogP contribution in [0, 0.1) is 12.8 Å². The highest BCUT2D eigenvalue weighted by Crippen LogP contribution is 2.26. The van der Waals surface area contributed by atoms with Gasteiger partial charge in [0.1, 0.15) is 16.6 Å². The molecule has 0 bridgehead atoms. The van der Waals surface area contributed by atoms with Gasteiger partial charge in [-0.1, -0.05) is 23.8 Å². The predicted octanol–water partition coefficient (Wildman–Crippen LogP) is 2.65. The van der Waals surface area contributed by atoms with Gasteiger partial charge in [-0.3, -0.25) is 4.79 Å². The van der Waals surface area contributed by atoms with Crippen molar-refractivity contribution in [1.29, 1.82) is 0 Å². The van der Waals surface area contributed by atoms with Crippen LogP contribution in [0.1, 0.15) is 18.4 Å². The summed E-state index contributed by atoms with van der Waals surface area (Å²) in [5.74, 6) is 0.321. The number of carbonyl (C=O) groups is 1. The molecule has 2 heterocycles. The minimum atomic E-state index is -3.50. The molecule has 1 saturated heterocycles. The summed E-state index contributed by atoms with van der Waals surface area (Å²) in [6, 6.07) is 11.1. The minimum Gasteiger partial charge on any atom is -0.492 e. The summed E-state index contributed by atoms with van der Waals surface area (Å²) in [7, 11) is -3.50. The summed E-state index contributed by atoms with van der Waals surface area (Å²) >= 11 is 1.20. The van der Waals surface area contributed by atoms with Gasteiger partial charge in [-0.05, 0) is 43.3 Å². The van der Waals surface area contributed by atoms with Crippen LogP contribution in [-0.4, -0.2) is 44.9 Å². The topological polar surface area (TPSA) is 75.7 Å². The lowest BCUT2D eigenvalue weighted by Crippen LogP contribution is -2.45. The van der Waals surface area contributed by atoms with E-state index in [2.05, 4.69) is 5.32 Å². The zero-order chi connectivity index (χ0) is 19.3. The molecule has 1 N–H and O–H groups in total. The summed E-state index contributed by atoms with van der Waals surface area (Å²) < 4.78 is 32.6. The molecule has 1 aromatic heterocycles. The third kappa shape index (κ3) is 5.09. The minimum absolute atomic E-state index is 0.117. The molecule has 3 rings (SSSR count). The smallest absolute Gasteiger partial charge is 0.252 e. The Morgan fingerprint density at radius 2 is 2.07 bits per heavy atom. The van der Waals surface area contributed by atoms with Crippen LogP contribution in [0.15, 0.2) is 46.0 Å². The van der Waals surface area contributed by atoms with Crippen molar-refractivity contribution in [2.24, 2.45) is 5.92 Å². The lowest BCUT2D eigenvalue weighted by molar-refractivity contribution is -0.126. The number of carbonyl (C=O) groups excluding carboxylic acids is 1. The molecular formula is C19H24N2O4S2. The molecule has 1 atom stereocenters. The molecule has 0 aliphatic carbocycles. The van der Waals surface area contributed by atoms with E-state index >= 15 is 0 Å². The Kier molecular flexibility index (Phi) is 6.51. The van der Waals surface area contributed by atoms with E-state index in [1.165, 1.54) is 15.6 Å². The fraction of sp³-hybridized carbons (Fsp3) is 0.421. The van der Waals surface area contributed by atoms with Gasteiger partial charge in [-0.2, -0.15) is 4.31 Å². The van der Waals surface area contributed by atoms with Gasteiger partial charge < -0.3 is 10.1 Å². The zero-order valence-electron chi connectivity index (χ0n) is 15.3. The maximum Gasteiger partial charge on any atom is 0.252 e. The molecule has 6 nitrogen and oxygen atoms in total. The molecule has 8 heteroatoms. The van der Waals surface area contributed by atoms with E-state index in [0.717, 1.165) is 11.3 Å². The number of benzene rings is 1. The summed E-state index contributed by atoms with van der Waals surface area (Å²) in [5, 5.41) is 4.60. The Morgan fingerprint density at radius 3 is 2.78 bits per heavy atom. The monoisotopic (exact) mass is 408 g/mol. The van der Waals surface area contributed by atoms with Crippen LogP contribution in [0.2, 0.25) is 0 Å². The number of piperidine rings is 1. The number of amides is 1. The number of hydrogen-bond donors (Lipinski definition) is 1. The second-order valence-corrected chi connectivity index (χ2v) is 9.70. The van der Waals surface area contributed by atoms with Crippen molar-refractivity contribution in [3.63, 3.8) is 0 Å². The lowest BCUT2D eigenvalue weighted by Gasteiger charge is -2.30. The normalized spacial score (nSPS) is 18.2. The van der Waals surface area contributed by atoms with E-state index in [1.807, 2.05) is 31.2 Å². The summed E-state index contributed by atoms with van der Waals surface area (Å²) in [6.45, 7) is 3.46. The maximum absolute atomic E-state index is 12.6. The van der Waals surface area contributed by atoms with Crippen LogP contribution in [0.25, 0.3) is 0 Å². The van der Waals surface area contributed by atoms with Crippen molar-refractivity contribution in [3.8, 4) is 5.75 Å². The largest absolute Gasteiger partial charge is 0.492 e. The van der Waals surface area contributed by atoms with Crippen molar-refractivity contribution in [3.05, 3.63) is 47.3 Å². The maximum atomic E-state index is 12.6. The number of rotatable bonds is 7. The molecule has 1 aliphatic rings. The van der Waals surface area contributed by atoms with E-state index in [9.17, 15) is 13.2 Å². The average Bonchev–Trinajstić information content (AvgIpc) is 3.22. The Balaban J connectivity index is 1.47. The molecule has 1 amide bonds. The SMILES string of the molecule is Cc1ccc(OCCNC(=O)C2CCCN(S(=O)(=O)c3cccs3)C2)cc1. The van der Waals surface area contributed by atoms with Crippen molar-refractivity contribution in [1.82, 2.24) is 9.62 Å². The average molecular weight is 409 g/mol. The number of nitrogens with zero attached hydrogens (tertiary/aromatic N) is 1. The van der Waals surface area contributed by atoms with E-state index in [-0.39, 0.29) is 18.4 Å². The Morgan fingerprint density at radius 1 is 1.30 bits per heavy atom. The first-order valence-corrected chi connectivity index (χ1v) is 11.3. The summed E-state index contributed by atoms with van der Waals surface area (Å²) in [5.41, 5.74) is 1.16. The first kappa shape index (κ1) is 19.9. The molecule has 1 unspecified atom stereocenters.